The largest absolute Gasteiger partial charge is 0.369 e. The number of aryl methyl sites for hydroxylation is 2. The molecule has 6 nitrogen and oxygen atoms in total. The van der Waals surface area contributed by atoms with Gasteiger partial charge in [-0.15, -0.1) is 5.10 Å². The number of nitrogens with zero attached hydrogens (tertiary/aromatic N) is 5. The van der Waals surface area contributed by atoms with E-state index in [1.165, 1.54) is 0 Å². The highest BCUT2D eigenvalue weighted by Gasteiger charge is 2.07. The minimum atomic E-state index is 0.684. The molecule has 0 aliphatic rings. The molecule has 0 aliphatic heterocycles. The molecule has 17 heavy (non-hydrogen) atoms. The van der Waals surface area contributed by atoms with Gasteiger partial charge in [0.2, 0.25) is 0 Å². The van der Waals surface area contributed by atoms with E-state index in [4.69, 9.17) is 0 Å². The average Bonchev–Trinajstić information content (AvgIpc) is 2.66. The number of rotatable bonds is 4. The van der Waals surface area contributed by atoms with Gasteiger partial charge in [0.15, 0.2) is 5.82 Å². The van der Waals surface area contributed by atoms with Crippen LogP contribution in [0.15, 0.2) is 12.4 Å². The third-order valence-electron chi connectivity index (χ3n) is 2.27. The van der Waals surface area contributed by atoms with E-state index in [0.717, 1.165) is 30.4 Å². The van der Waals surface area contributed by atoms with Crippen molar-refractivity contribution >= 4 is 5.82 Å². The van der Waals surface area contributed by atoms with Gasteiger partial charge < -0.3 is 5.32 Å². The summed E-state index contributed by atoms with van der Waals surface area (Å²) in [5, 5.41) is 7.47. The van der Waals surface area contributed by atoms with Crippen LogP contribution in [-0.4, -0.2) is 31.3 Å². The predicted molar refractivity (Wildman–Crippen MR) is 65.2 cm³/mol. The monoisotopic (exact) mass is 232 g/mol. The van der Waals surface area contributed by atoms with Gasteiger partial charge >= 0.3 is 0 Å². The number of hydrogen-bond donors (Lipinski definition) is 1. The molecular weight excluding hydrogens is 216 g/mol. The Morgan fingerprint density at radius 2 is 2.06 bits per heavy atom. The summed E-state index contributed by atoms with van der Waals surface area (Å²) in [5.41, 5.74) is 0. The second-order valence-electron chi connectivity index (χ2n) is 3.81. The maximum atomic E-state index is 4.44. The zero-order valence-corrected chi connectivity index (χ0v) is 10.3. The maximum Gasteiger partial charge on any atom is 0.176 e. The molecule has 1 N–H and O–H groups in total. The fourth-order valence-electron chi connectivity index (χ4n) is 1.53. The Labute approximate surface area is 100 Å². The molecule has 0 atom stereocenters. The number of hydrogen-bond acceptors (Lipinski definition) is 5. The highest BCUT2D eigenvalue weighted by molar-refractivity contribution is 5.35. The molecule has 0 fully saturated rings. The van der Waals surface area contributed by atoms with E-state index in [9.17, 15) is 0 Å². The molecule has 0 radical (unpaired) electrons. The summed E-state index contributed by atoms with van der Waals surface area (Å²) in [6, 6.07) is 0. The van der Waals surface area contributed by atoms with Crippen molar-refractivity contribution in [2.75, 3.05) is 11.9 Å². The Hall–Kier alpha value is -1.98. The minimum Gasteiger partial charge on any atom is -0.369 e. The molecule has 0 aromatic carbocycles. The maximum absolute atomic E-state index is 4.44. The molecular formula is C11H16N6. The van der Waals surface area contributed by atoms with Crippen molar-refractivity contribution in [2.24, 2.45) is 0 Å². The minimum absolute atomic E-state index is 0.684. The summed E-state index contributed by atoms with van der Waals surface area (Å²) in [6.07, 6.45) is 4.43. The standard InChI is InChI=1S/C11H16N6/c1-4-5-13-10-6-12-7-11(15-10)17-9(3)14-8(2)16-17/h6-7H,4-5H2,1-3H3,(H,13,15). The lowest BCUT2D eigenvalue weighted by Gasteiger charge is -2.06. The molecule has 90 valence electrons. The van der Waals surface area contributed by atoms with Crippen LogP contribution < -0.4 is 5.32 Å². The van der Waals surface area contributed by atoms with Crippen LogP contribution in [0, 0.1) is 13.8 Å². The van der Waals surface area contributed by atoms with Crippen molar-refractivity contribution in [3.63, 3.8) is 0 Å². The third-order valence-corrected chi connectivity index (χ3v) is 2.27. The van der Waals surface area contributed by atoms with Crippen molar-refractivity contribution < 1.29 is 0 Å². The first kappa shape index (κ1) is 11.5. The molecule has 0 amide bonds. The Morgan fingerprint density at radius 3 is 2.71 bits per heavy atom. The molecule has 6 heteroatoms. The molecule has 0 aliphatic carbocycles. The van der Waals surface area contributed by atoms with E-state index in [1.807, 2.05) is 13.8 Å². The van der Waals surface area contributed by atoms with Gasteiger partial charge in [-0.3, -0.25) is 4.98 Å². The second-order valence-corrected chi connectivity index (χ2v) is 3.81. The van der Waals surface area contributed by atoms with E-state index in [0.29, 0.717) is 5.82 Å². The molecule has 0 saturated carbocycles. The molecule has 2 aromatic rings. The van der Waals surface area contributed by atoms with Crippen molar-refractivity contribution in [1.29, 1.82) is 0 Å². The van der Waals surface area contributed by atoms with Gasteiger partial charge in [-0.1, -0.05) is 6.92 Å². The molecule has 0 bridgehead atoms. The van der Waals surface area contributed by atoms with Crippen LogP contribution in [-0.2, 0) is 0 Å². The van der Waals surface area contributed by atoms with Crippen LogP contribution in [0.25, 0.3) is 5.82 Å². The molecule has 2 aromatic heterocycles. The molecule has 0 saturated heterocycles. The molecule has 2 heterocycles. The SMILES string of the molecule is CCCNc1cncc(-n2nc(C)nc2C)n1. The lowest BCUT2D eigenvalue weighted by molar-refractivity contribution is 0.796. The first-order valence-electron chi connectivity index (χ1n) is 5.67. The summed E-state index contributed by atoms with van der Waals surface area (Å²) in [5.74, 6) is 2.99. The van der Waals surface area contributed by atoms with Crippen LogP contribution in [0.1, 0.15) is 25.0 Å². The fourth-order valence-corrected chi connectivity index (χ4v) is 1.53. The quantitative estimate of drug-likeness (QED) is 0.865. The Morgan fingerprint density at radius 1 is 1.24 bits per heavy atom. The Balaban J connectivity index is 2.29. The van der Waals surface area contributed by atoms with Crippen LogP contribution in [0.5, 0.6) is 0 Å². The van der Waals surface area contributed by atoms with E-state index in [2.05, 4.69) is 32.3 Å². The highest BCUT2D eigenvalue weighted by atomic mass is 15.4. The van der Waals surface area contributed by atoms with Gasteiger partial charge in [0, 0.05) is 6.54 Å². The number of nitrogens with one attached hydrogen (secondary N) is 1. The van der Waals surface area contributed by atoms with Crippen molar-refractivity contribution in [3.05, 3.63) is 24.0 Å². The predicted octanol–water partition coefficient (Wildman–Crippen LogP) is 1.50. The summed E-state index contributed by atoms with van der Waals surface area (Å²) < 4.78 is 1.69. The van der Waals surface area contributed by atoms with Gasteiger partial charge in [0.1, 0.15) is 17.5 Å². The summed E-state index contributed by atoms with van der Waals surface area (Å²) in [6.45, 7) is 6.74. The third kappa shape index (κ3) is 2.58. The topological polar surface area (TPSA) is 68.5 Å². The lowest BCUT2D eigenvalue weighted by Crippen LogP contribution is -2.07. The van der Waals surface area contributed by atoms with Gasteiger partial charge in [-0.25, -0.2) is 9.97 Å². The first-order valence-corrected chi connectivity index (χ1v) is 5.67. The summed E-state index contributed by atoms with van der Waals surface area (Å²) in [4.78, 5) is 12.8. The Kier molecular flexibility index (Phi) is 3.32. The molecule has 2 rings (SSSR count). The van der Waals surface area contributed by atoms with Crippen molar-refractivity contribution in [3.8, 4) is 5.82 Å². The van der Waals surface area contributed by atoms with Gasteiger partial charge in [-0.2, -0.15) is 4.68 Å². The van der Waals surface area contributed by atoms with Gasteiger partial charge in [-0.05, 0) is 20.3 Å². The molecule has 0 spiro atoms. The number of aromatic nitrogens is 5. The second kappa shape index (κ2) is 4.90. The summed E-state index contributed by atoms with van der Waals surface area (Å²) in [7, 11) is 0. The van der Waals surface area contributed by atoms with Gasteiger partial charge in [0.05, 0.1) is 12.4 Å². The smallest absolute Gasteiger partial charge is 0.176 e. The zero-order chi connectivity index (χ0) is 12.3. The van der Waals surface area contributed by atoms with Crippen LogP contribution >= 0.6 is 0 Å². The lowest BCUT2D eigenvalue weighted by atomic mass is 10.5. The highest BCUT2D eigenvalue weighted by Crippen LogP contribution is 2.08. The zero-order valence-electron chi connectivity index (χ0n) is 10.3. The van der Waals surface area contributed by atoms with E-state index >= 15 is 0 Å². The van der Waals surface area contributed by atoms with Crippen molar-refractivity contribution in [2.45, 2.75) is 27.2 Å². The molecule has 0 unspecified atom stereocenters. The van der Waals surface area contributed by atoms with Crippen LogP contribution in [0.2, 0.25) is 0 Å². The van der Waals surface area contributed by atoms with E-state index < -0.39 is 0 Å². The van der Waals surface area contributed by atoms with Gasteiger partial charge in [0.25, 0.3) is 0 Å². The Bertz CT molecular complexity index is 504. The summed E-state index contributed by atoms with van der Waals surface area (Å²) >= 11 is 0. The van der Waals surface area contributed by atoms with E-state index in [-0.39, 0.29) is 0 Å². The normalized spacial score (nSPS) is 10.5. The number of anilines is 1. The van der Waals surface area contributed by atoms with Crippen LogP contribution in [0.3, 0.4) is 0 Å². The first-order chi connectivity index (χ1) is 8.20. The van der Waals surface area contributed by atoms with E-state index in [1.54, 1.807) is 17.1 Å². The fraction of sp³-hybridized carbons (Fsp3) is 0.455. The average molecular weight is 232 g/mol. The van der Waals surface area contributed by atoms with Crippen LogP contribution in [0.4, 0.5) is 5.82 Å². The van der Waals surface area contributed by atoms with Crippen molar-refractivity contribution in [1.82, 2.24) is 24.7 Å².